The minimum atomic E-state index is -1.13. The summed E-state index contributed by atoms with van der Waals surface area (Å²) in [5, 5.41) is 10.4. The largest absolute Gasteiger partial charge is 0.480 e. The molecule has 15 heavy (non-hydrogen) atoms. The van der Waals surface area contributed by atoms with Crippen LogP contribution in [0.5, 0.6) is 0 Å². The Morgan fingerprint density at radius 1 is 1.60 bits per heavy atom. The highest BCUT2D eigenvalue weighted by atomic mass is 32.2. The molecule has 0 saturated heterocycles. The molecule has 0 aromatic heterocycles. The highest BCUT2D eigenvalue weighted by Gasteiger charge is 2.20. The van der Waals surface area contributed by atoms with E-state index in [-0.39, 0.29) is 5.75 Å². The highest BCUT2D eigenvalue weighted by Crippen LogP contribution is 2.13. The van der Waals surface area contributed by atoms with E-state index in [0.717, 1.165) is 11.8 Å². The summed E-state index contributed by atoms with van der Waals surface area (Å²) in [7, 11) is 1.26. The van der Waals surface area contributed by atoms with Crippen LogP contribution in [-0.4, -0.2) is 47.6 Å². The first-order chi connectivity index (χ1) is 7.02. The molecule has 0 aliphatic rings. The van der Waals surface area contributed by atoms with Crippen molar-refractivity contribution in [3.05, 3.63) is 0 Å². The standard InChI is InChI=1S/C8H13NO5S/c1-5(8(13)14-2)15-3-6(7(11)12)9-4-10/h4-6H,3H2,1-2H3,(H,9,10)(H,11,12). The molecule has 2 unspecified atom stereocenters. The van der Waals surface area contributed by atoms with Crippen molar-refractivity contribution in [3.8, 4) is 0 Å². The van der Waals surface area contributed by atoms with E-state index >= 15 is 0 Å². The molecule has 0 saturated carbocycles. The molecule has 0 aromatic rings. The lowest BCUT2D eigenvalue weighted by Gasteiger charge is -2.13. The number of hydrogen-bond acceptors (Lipinski definition) is 5. The number of nitrogens with one attached hydrogen (secondary N) is 1. The van der Waals surface area contributed by atoms with E-state index in [9.17, 15) is 14.4 Å². The quantitative estimate of drug-likeness (QED) is 0.455. The normalized spacial score (nSPS) is 13.7. The van der Waals surface area contributed by atoms with E-state index in [1.165, 1.54) is 7.11 Å². The van der Waals surface area contributed by atoms with Gasteiger partial charge in [0.2, 0.25) is 6.41 Å². The second kappa shape index (κ2) is 7.10. The van der Waals surface area contributed by atoms with Gasteiger partial charge in [-0.05, 0) is 6.92 Å². The second-order valence-corrected chi connectivity index (χ2v) is 4.05. The average Bonchev–Trinajstić information content (AvgIpc) is 2.21. The van der Waals surface area contributed by atoms with Crippen molar-refractivity contribution in [1.29, 1.82) is 0 Å². The third-order valence-corrected chi connectivity index (χ3v) is 2.83. The molecule has 0 bridgehead atoms. The number of rotatable bonds is 7. The molecule has 0 heterocycles. The molecule has 0 aliphatic carbocycles. The Morgan fingerprint density at radius 2 is 2.20 bits per heavy atom. The summed E-state index contributed by atoms with van der Waals surface area (Å²) in [5.41, 5.74) is 0. The molecule has 0 radical (unpaired) electrons. The zero-order chi connectivity index (χ0) is 11.8. The summed E-state index contributed by atoms with van der Waals surface area (Å²) < 4.78 is 4.47. The summed E-state index contributed by atoms with van der Waals surface area (Å²) in [6.45, 7) is 1.61. The number of hydrogen-bond donors (Lipinski definition) is 2. The number of carbonyl (C=O) groups is 3. The second-order valence-electron chi connectivity index (χ2n) is 2.67. The fraction of sp³-hybridized carbons (Fsp3) is 0.625. The van der Waals surface area contributed by atoms with Gasteiger partial charge in [0.05, 0.1) is 12.4 Å². The number of esters is 1. The summed E-state index contributed by atoms with van der Waals surface area (Å²) in [6.07, 6.45) is 0.322. The van der Waals surface area contributed by atoms with Crippen LogP contribution in [0, 0.1) is 0 Å². The summed E-state index contributed by atoms with van der Waals surface area (Å²) >= 11 is 1.11. The van der Waals surface area contributed by atoms with Crippen LogP contribution in [0.1, 0.15) is 6.92 Å². The Kier molecular flexibility index (Phi) is 6.52. The van der Waals surface area contributed by atoms with Crippen LogP contribution in [-0.2, 0) is 19.1 Å². The zero-order valence-electron chi connectivity index (χ0n) is 8.43. The van der Waals surface area contributed by atoms with E-state index in [1.54, 1.807) is 6.92 Å². The van der Waals surface area contributed by atoms with Crippen molar-refractivity contribution < 1.29 is 24.2 Å². The molecule has 1 amide bonds. The van der Waals surface area contributed by atoms with Crippen LogP contribution < -0.4 is 5.32 Å². The Bertz CT molecular complexity index is 245. The number of amides is 1. The van der Waals surface area contributed by atoms with Gasteiger partial charge in [0.15, 0.2) is 0 Å². The molecule has 2 N–H and O–H groups in total. The Balaban J connectivity index is 4.04. The maximum absolute atomic E-state index is 11.0. The fourth-order valence-corrected chi connectivity index (χ4v) is 1.70. The van der Waals surface area contributed by atoms with Crippen LogP contribution in [0.15, 0.2) is 0 Å². The molecule has 0 aliphatic heterocycles. The number of carboxylic acids is 1. The van der Waals surface area contributed by atoms with Gasteiger partial charge in [-0.1, -0.05) is 0 Å². The lowest BCUT2D eigenvalue weighted by Crippen LogP contribution is -2.38. The summed E-state index contributed by atoms with van der Waals surface area (Å²) in [4.78, 5) is 31.6. The van der Waals surface area contributed by atoms with Crippen molar-refractivity contribution in [2.24, 2.45) is 0 Å². The van der Waals surface area contributed by atoms with E-state index in [2.05, 4.69) is 10.1 Å². The molecular formula is C8H13NO5S. The highest BCUT2D eigenvalue weighted by molar-refractivity contribution is 8.00. The van der Waals surface area contributed by atoms with Gasteiger partial charge in [-0.15, -0.1) is 11.8 Å². The maximum atomic E-state index is 11.0. The first-order valence-electron chi connectivity index (χ1n) is 4.14. The van der Waals surface area contributed by atoms with Crippen molar-refractivity contribution in [1.82, 2.24) is 5.32 Å². The van der Waals surface area contributed by atoms with Gasteiger partial charge in [0, 0.05) is 5.75 Å². The van der Waals surface area contributed by atoms with Crippen molar-refractivity contribution >= 4 is 30.1 Å². The molecule has 2 atom stereocenters. The van der Waals surface area contributed by atoms with E-state index < -0.39 is 23.2 Å². The predicted octanol–water partition coefficient (Wildman–Crippen LogP) is -0.520. The number of ether oxygens (including phenoxy) is 1. The van der Waals surface area contributed by atoms with Gasteiger partial charge < -0.3 is 15.2 Å². The smallest absolute Gasteiger partial charge is 0.327 e. The average molecular weight is 235 g/mol. The Labute approximate surface area is 91.4 Å². The van der Waals surface area contributed by atoms with Crippen molar-refractivity contribution in [2.75, 3.05) is 12.9 Å². The Morgan fingerprint density at radius 3 is 2.60 bits per heavy atom. The van der Waals surface area contributed by atoms with Gasteiger partial charge >= 0.3 is 11.9 Å². The molecular weight excluding hydrogens is 222 g/mol. The van der Waals surface area contributed by atoms with Crippen LogP contribution in [0.2, 0.25) is 0 Å². The predicted molar refractivity (Wildman–Crippen MR) is 54.6 cm³/mol. The molecule has 6 nitrogen and oxygen atoms in total. The van der Waals surface area contributed by atoms with Gasteiger partial charge in [0.1, 0.15) is 6.04 Å². The molecule has 0 rings (SSSR count). The van der Waals surface area contributed by atoms with Crippen LogP contribution in [0.25, 0.3) is 0 Å². The Hall–Kier alpha value is -1.24. The van der Waals surface area contributed by atoms with E-state index in [0.29, 0.717) is 6.41 Å². The monoisotopic (exact) mass is 235 g/mol. The lowest BCUT2D eigenvalue weighted by atomic mass is 10.3. The maximum Gasteiger partial charge on any atom is 0.327 e. The third-order valence-electron chi connectivity index (χ3n) is 1.61. The minimum Gasteiger partial charge on any atom is -0.480 e. The molecule has 0 spiro atoms. The molecule has 0 aromatic carbocycles. The van der Waals surface area contributed by atoms with Gasteiger partial charge in [0.25, 0.3) is 0 Å². The molecule has 7 heteroatoms. The number of aliphatic carboxylic acids is 1. The van der Waals surface area contributed by atoms with Crippen LogP contribution >= 0.6 is 11.8 Å². The number of carbonyl (C=O) groups excluding carboxylic acids is 2. The SMILES string of the molecule is COC(=O)C(C)SCC(NC=O)C(=O)O. The molecule has 0 fully saturated rings. The van der Waals surface area contributed by atoms with E-state index in [4.69, 9.17) is 5.11 Å². The van der Waals surface area contributed by atoms with Crippen LogP contribution in [0.4, 0.5) is 0 Å². The zero-order valence-corrected chi connectivity index (χ0v) is 9.24. The first kappa shape index (κ1) is 13.8. The lowest BCUT2D eigenvalue weighted by molar-refractivity contribution is -0.140. The van der Waals surface area contributed by atoms with Crippen molar-refractivity contribution in [3.63, 3.8) is 0 Å². The number of thioether (sulfide) groups is 1. The van der Waals surface area contributed by atoms with Crippen molar-refractivity contribution in [2.45, 2.75) is 18.2 Å². The fourth-order valence-electron chi connectivity index (χ4n) is 0.747. The first-order valence-corrected chi connectivity index (χ1v) is 5.19. The third kappa shape index (κ3) is 5.26. The number of carboxylic acid groups (broad SMARTS) is 1. The van der Waals surface area contributed by atoms with E-state index in [1.807, 2.05) is 0 Å². The summed E-state index contributed by atoms with van der Waals surface area (Å²) in [6, 6.07) is -0.986. The van der Waals surface area contributed by atoms with Gasteiger partial charge in [-0.2, -0.15) is 0 Å². The minimum absolute atomic E-state index is 0.115. The van der Waals surface area contributed by atoms with Crippen LogP contribution in [0.3, 0.4) is 0 Å². The van der Waals surface area contributed by atoms with Gasteiger partial charge in [-0.25, -0.2) is 4.79 Å². The molecule has 86 valence electrons. The summed E-state index contributed by atoms with van der Waals surface area (Å²) in [5.74, 6) is -1.44. The topological polar surface area (TPSA) is 92.7 Å². The number of methoxy groups -OCH3 is 1. The van der Waals surface area contributed by atoms with Gasteiger partial charge in [-0.3, -0.25) is 9.59 Å².